The van der Waals surface area contributed by atoms with Crippen LogP contribution in [0.25, 0.3) is 5.76 Å². The standard InChI is InChI=1S/C23H16ClNO4/c24-16-8-10-17(11-9-16)25-20(14-6-12-18(26)13-7-14)19(22(28)23(25)29)21(27)15-4-2-1-3-5-15/h1-13,20,26-27H/b21-19+. The highest BCUT2D eigenvalue weighted by molar-refractivity contribution is 6.51. The van der Waals surface area contributed by atoms with Crippen LogP contribution in [-0.4, -0.2) is 21.9 Å². The first-order valence-corrected chi connectivity index (χ1v) is 9.26. The van der Waals surface area contributed by atoms with Gasteiger partial charge in [-0.2, -0.15) is 0 Å². The molecule has 5 nitrogen and oxygen atoms in total. The molecule has 3 aromatic rings. The van der Waals surface area contributed by atoms with Gasteiger partial charge in [-0.1, -0.05) is 54.1 Å². The summed E-state index contributed by atoms with van der Waals surface area (Å²) in [6, 6.07) is 20.5. The fraction of sp³-hybridized carbons (Fsp3) is 0.0435. The van der Waals surface area contributed by atoms with Crippen molar-refractivity contribution in [3.05, 3.63) is 101 Å². The number of hydrogen-bond donors (Lipinski definition) is 2. The zero-order valence-corrected chi connectivity index (χ0v) is 15.9. The first kappa shape index (κ1) is 18.8. The minimum atomic E-state index is -0.850. The van der Waals surface area contributed by atoms with Crippen molar-refractivity contribution in [2.75, 3.05) is 4.90 Å². The van der Waals surface area contributed by atoms with Crippen LogP contribution in [0.2, 0.25) is 5.02 Å². The van der Waals surface area contributed by atoms with Gasteiger partial charge in [0.1, 0.15) is 11.5 Å². The molecule has 1 unspecified atom stereocenters. The number of nitrogens with zero attached hydrogens (tertiary/aromatic N) is 1. The Morgan fingerprint density at radius 3 is 2.10 bits per heavy atom. The predicted molar refractivity (Wildman–Crippen MR) is 111 cm³/mol. The zero-order valence-electron chi connectivity index (χ0n) is 15.1. The summed E-state index contributed by atoms with van der Waals surface area (Å²) in [5, 5.41) is 21.1. The van der Waals surface area contributed by atoms with Gasteiger partial charge in [0.2, 0.25) is 0 Å². The first-order chi connectivity index (χ1) is 14.0. The van der Waals surface area contributed by atoms with Crippen molar-refractivity contribution in [1.29, 1.82) is 0 Å². The SMILES string of the molecule is O=C1C(=O)N(c2ccc(Cl)cc2)C(c2ccc(O)cc2)/C1=C(\O)c1ccccc1. The Bertz CT molecular complexity index is 1110. The monoisotopic (exact) mass is 405 g/mol. The number of phenolic OH excluding ortho intramolecular Hbond substituents is 1. The van der Waals surface area contributed by atoms with Gasteiger partial charge in [0.15, 0.2) is 0 Å². The Labute approximate surface area is 172 Å². The van der Waals surface area contributed by atoms with E-state index in [-0.39, 0.29) is 17.1 Å². The maximum atomic E-state index is 12.9. The van der Waals surface area contributed by atoms with Crippen LogP contribution in [-0.2, 0) is 9.59 Å². The summed E-state index contributed by atoms with van der Waals surface area (Å²) in [4.78, 5) is 27.2. The van der Waals surface area contributed by atoms with E-state index in [0.717, 1.165) is 0 Å². The molecule has 0 spiro atoms. The van der Waals surface area contributed by atoms with E-state index < -0.39 is 17.7 Å². The average Bonchev–Trinajstić information content (AvgIpc) is 3.00. The normalized spacial score (nSPS) is 18.2. The van der Waals surface area contributed by atoms with Gasteiger partial charge in [-0.05, 0) is 42.0 Å². The molecular weight excluding hydrogens is 390 g/mol. The number of aliphatic hydroxyl groups excluding tert-OH is 1. The number of Topliss-reactive ketones (excluding diaryl/α,β-unsaturated/α-hetero) is 1. The van der Waals surface area contributed by atoms with E-state index >= 15 is 0 Å². The second-order valence-corrected chi connectivity index (χ2v) is 7.04. The van der Waals surface area contributed by atoms with Crippen LogP contribution in [0.3, 0.4) is 0 Å². The highest BCUT2D eigenvalue weighted by Crippen LogP contribution is 2.42. The quantitative estimate of drug-likeness (QED) is 0.377. The van der Waals surface area contributed by atoms with Crippen LogP contribution in [0.15, 0.2) is 84.4 Å². The lowest BCUT2D eigenvalue weighted by Crippen LogP contribution is -2.29. The van der Waals surface area contributed by atoms with Gasteiger partial charge in [0, 0.05) is 16.3 Å². The van der Waals surface area contributed by atoms with Gasteiger partial charge >= 0.3 is 0 Å². The molecule has 144 valence electrons. The topological polar surface area (TPSA) is 77.8 Å². The Balaban J connectivity index is 1.94. The van der Waals surface area contributed by atoms with Crippen LogP contribution in [0, 0.1) is 0 Å². The molecule has 3 aromatic carbocycles. The molecule has 0 aromatic heterocycles. The van der Waals surface area contributed by atoms with Crippen molar-refractivity contribution in [2.24, 2.45) is 0 Å². The average molecular weight is 406 g/mol. The summed E-state index contributed by atoms with van der Waals surface area (Å²) < 4.78 is 0. The summed E-state index contributed by atoms with van der Waals surface area (Å²) in [7, 11) is 0. The van der Waals surface area contributed by atoms with Crippen molar-refractivity contribution in [1.82, 2.24) is 0 Å². The number of anilines is 1. The highest BCUT2D eigenvalue weighted by Gasteiger charge is 2.46. The van der Waals surface area contributed by atoms with Crippen LogP contribution in [0.5, 0.6) is 5.75 Å². The number of carbonyl (C=O) groups excluding carboxylic acids is 2. The molecule has 4 rings (SSSR count). The third-order valence-electron chi connectivity index (χ3n) is 4.81. The summed E-state index contributed by atoms with van der Waals surface area (Å²) in [6.45, 7) is 0. The fourth-order valence-electron chi connectivity index (χ4n) is 3.42. The number of halogens is 1. The molecule has 0 aliphatic carbocycles. The molecule has 6 heteroatoms. The zero-order chi connectivity index (χ0) is 20.5. The van der Waals surface area contributed by atoms with E-state index in [1.807, 2.05) is 0 Å². The Hall–Kier alpha value is -3.57. The Morgan fingerprint density at radius 1 is 0.862 bits per heavy atom. The molecule has 1 heterocycles. The second-order valence-electron chi connectivity index (χ2n) is 6.60. The first-order valence-electron chi connectivity index (χ1n) is 8.88. The Kier molecular flexibility index (Phi) is 4.82. The van der Waals surface area contributed by atoms with E-state index in [0.29, 0.717) is 21.8 Å². The number of amides is 1. The molecular formula is C23H16ClNO4. The van der Waals surface area contributed by atoms with Crippen LogP contribution in [0.1, 0.15) is 17.2 Å². The molecule has 29 heavy (non-hydrogen) atoms. The molecule has 1 fully saturated rings. The summed E-state index contributed by atoms with van der Waals surface area (Å²) in [5.74, 6) is -1.72. The molecule has 0 bridgehead atoms. The lowest BCUT2D eigenvalue weighted by atomic mass is 9.95. The van der Waals surface area contributed by atoms with Gasteiger partial charge in [-0.15, -0.1) is 0 Å². The van der Waals surface area contributed by atoms with E-state index in [4.69, 9.17) is 11.6 Å². The van der Waals surface area contributed by atoms with Gasteiger partial charge in [0.25, 0.3) is 11.7 Å². The summed E-state index contributed by atoms with van der Waals surface area (Å²) >= 11 is 5.97. The summed E-state index contributed by atoms with van der Waals surface area (Å²) in [6.07, 6.45) is 0. The van der Waals surface area contributed by atoms with E-state index in [1.54, 1.807) is 66.7 Å². The molecule has 0 saturated carbocycles. The largest absolute Gasteiger partial charge is 0.508 e. The van der Waals surface area contributed by atoms with E-state index in [1.165, 1.54) is 17.0 Å². The molecule has 0 radical (unpaired) electrons. The van der Waals surface area contributed by atoms with Crippen LogP contribution in [0.4, 0.5) is 5.69 Å². The predicted octanol–water partition coefficient (Wildman–Crippen LogP) is 4.67. The van der Waals surface area contributed by atoms with E-state index in [9.17, 15) is 19.8 Å². The van der Waals surface area contributed by atoms with Crippen molar-refractivity contribution < 1.29 is 19.8 Å². The fourth-order valence-corrected chi connectivity index (χ4v) is 3.55. The third kappa shape index (κ3) is 3.37. The molecule has 1 aliphatic rings. The summed E-state index contributed by atoms with van der Waals surface area (Å²) in [5.41, 5.74) is 1.48. The van der Waals surface area contributed by atoms with Crippen molar-refractivity contribution in [2.45, 2.75) is 6.04 Å². The van der Waals surface area contributed by atoms with Crippen LogP contribution >= 0.6 is 11.6 Å². The number of carbonyl (C=O) groups is 2. The van der Waals surface area contributed by atoms with Crippen molar-refractivity contribution >= 4 is 34.7 Å². The van der Waals surface area contributed by atoms with Crippen molar-refractivity contribution in [3.8, 4) is 5.75 Å². The number of benzene rings is 3. The number of phenols is 1. The number of ketones is 1. The minimum Gasteiger partial charge on any atom is -0.508 e. The molecule has 1 atom stereocenters. The highest BCUT2D eigenvalue weighted by atomic mass is 35.5. The maximum Gasteiger partial charge on any atom is 0.300 e. The number of hydrogen-bond acceptors (Lipinski definition) is 4. The Morgan fingerprint density at radius 2 is 1.48 bits per heavy atom. The van der Waals surface area contributed by atoms with Crippen LogP contribution < -0.4 is 4.90 Å². The third-order valence-corrected chi connectivity index (χ3v) is 5.06. The lowest BCUT2D eigenvalue weighted by molar-refractivity contribution is -0.132. The number of rotatable bonds is 3. The number of aliphatic hydroxyl groups is 1. The van der Waals surface area contributed by atoms with Gasteiger partial charge in [0.05, 0.1) is 11.6 Å². The molecule has 1 amide bonds. The van der Waals surface area contributed by atoms with Gasteiger partial charge in [-0.25, -0.2) is 0 Å². The number of aromatic hydroxyl groups is 1. The maximum absolute atomic E-state index is 12.9. The molecule has 1 saturated heterocycles. The van der Waals surface area contributed by atoms with Gasteiger partial charge < -0.3 is 10.2 Å². The van der Waals surface area contributed by atoms with Gasteiger partial charge in [-0.3, -0.25) is 14.5 Å². The van der Waals surface area contributed by atoms with Crippen molar-refractivity contribution in [3.63, 3.8) is 0 Å². The van der Waals surface area contributed by atoms with E-state index in [2.05, 4.69) is 0 Å². The smallest absolute Gasteiger partial charge is 0.300 e. The second kappa shape index (κ2) is 7.45. The lowest BCUT2D eigenvalue weighted by Gasteiger charge is -2.25. The minimum absolute atomic E-state index is 0.0122. The molecule has 2 N–H and O–H groups in total. The molecule has 1 aliphatic heterocycles.